The van der Waals surface area contributed by atoms with Gasteiger partial charge in [-0.2, -0.15) is 0 Å². The molecular weight excluding hydrogens is 222 g/mol. The van der Waals surface area contributed by atoms with Crippen LogP contribution in [0.1, 0.15) is 5.56 Å². The normalized spacial score (nSPS) is 17.3. The van der Waals surface area contributed by atoms with E-state index in [9.17, 15) is 4.79 Å². The summed E-state index contributed by atoms with van der Waals surface area (Å²) in [6.07, 6.45) is 0. The zero-order valence-corrected chi connectivity index (χ0v) is 10.3. The summed E-state index contributed by atoms with van der Waals surface area (Å²) < 4.78 is 0. The minimum absolute atomic E-state index is 0.0902. The highest BCUT2D eigenvalue weighted by molar-refractivity contribution is 7.14. The molecule has 1 saturated heterocycles. The Hall–Kier alpha value is -0.910. The quantitative estimate of drug-likeness (QED) is 0.824. The molecule has 2 N–H and O–H groups in total. The predicted molar refractivity (Wildman–Crippen MR) is 67.0 cm³/mol. The van der Waals surface area contributed by atoms with Crippen molar-refractivity contribution >= 4 is 22.2 Å². The average Bonchev–Trinajstić information content (AvgIpc) is 2.66. The van der Waals surface area contributed by atoms with Gasteiger partial charge in [-0.05, 0) is 23.9 Å². The number of piperazine rings is 1. The lowest BCUT2D eigenvalue weighted by Crippen LogP contribution is -2.46. The summed E-state index contributed by atoms with van der Waals surface area (Å²) >= 11 is 1.58. The van der Waals surface area contributed by atoms with Crippen LogP contribution in [-0.2, 0) is 4.79 Å². The lowest BCUT2D eigenvalue weighted by Gasteiger charge is -2.26. The van der Waals surface area contributed by atoms with E-state index in [4.69, 9.17) is 0 Å². The van der Waals surface area contributed by atoms with Crippen molar-refractivity contribution in [2.75, 3.05) is 38.0 Å². The molecule has 16 heavy (non-hydrogen) atoms. The molecule has 0 aliphatic carbocycles. The van der Waals surface area contributed by atoms with E-state index in [2.05, 4.69) is 15.5 Å². The molecule has 0 aromatic carbocycles. The van der Waals surface area contributed by atoms with Crippen molar-refractivity contribution in [2.45, 2.75) is 6.92 Å². The van der Waals surface area contributed by atoms with Crippen molar-refractivity contribution in [2.24, 2.45) is 0 Å². The second-order valence-electron chi connectivity index (χ2n) is 4.01. The van der Waals surface area contributed by atoms with Gasteiger partial charge < -0.3 is 10.6 Å². The maximum absolute atomic E-state index is 11.8. The van der Waals surface area contributed by atoms with Crippen LogP contribution in [0.2, 0.25) is 0 Å². The molecule has 1 aromatic rings. The van der Waals surface area contributed by atoms with E-state index < -0.39 is 0 Å². The molecule has 4 nitrogen and oxygen atoms in total. The molecule has 0 bridgehead atoms. The van der Waals surface area contributed by atoms with Gasteiger partial charge in [0.25, 0.3) is 0 Å². The first-order chi connectivity index (χ1) is 7.75. The Morgan fingerprint density at radius 3 is 2.94 bits per heavy atom. The second-order valence-corrected chi connectivity index (χ2v) is 4.92. The summed E-state index contributed by atoms with van der Waals surface area (Å²) in [5.74, 6) is 0.0902. The fraction of sp³-hybridized carbons (Fsp3) is 0.545. The highest BCUT2D eigenvalue weighted by Gasteiger charge is 2.14. The summed E-state index contributed by atoms with van der Waals surface area (Å²) in [7, 11) is 0. The number of aryl methyl sites for hydroxylation is 1. The van der Waals surface area contributed by atoms with Crippen LogP contribution in [0, 0.1) is 6.92 Å². The summed E-state index contributed by atoms with van der Waals surface area (Å²) in [5, 5.41) is 9.19. The summed E-state index contributed by atoms with van der Waals surface area (Å²) in [5.41, 5.74) is 1.14. The number of hydrogen-bond donors (Lipinski definition) is 2. The average molecular weight is 239 g/mol. The zero-order chi connectivity index (χ0) is 11.4. The highest BCUT2D eigenvalue weighted by Crippen LogP contribution is 2.21. The Bertz CT molecular complexity index is 358. The molecule has 0 radical (unpaired) electrons. The van der Waals surface area contributed by atoms with Crippen LogP contribution in [-0.4, -0.2) is 43.5 Å². The smallest absolute Gasteiger partial charge is 0.239 e. The molecule has 1 amide bonds. The predicted octanol–water partition coefficient (Wildman–Crippen LogP) is 0.900. The van der Waals surface area contributed by atoms with Gasteiger partial charge in [-0.1, -0.05) is 0 Å². The van der Waals surface area contributed by atoms with E-state index in [0.717, 1.165) is 36.7 Å². The lowest BCUT2D eigenvalue weighted by atomic mass is 10.3. The van der Waals surface area contributed by atoms with Gasteiger partial charge in [-0.15, -0.1) is 11.3 Å². The molecule has 0 spiro atoms. The number of nitrogens with zero attached hydrogens (tertiary/aromatic N) is 1. The number of carbonyl (C=O) groups excluding carboxylic acids is 1. The van der Waals surface area contributed by atoms with E-state index in [-0.39, 0.29) is 5.91 Å². The molecule has 1 fully saturated rings. The van der Waals surface area contributed by atoms with Crippen molar-refractivity contribution in [1.82, 2.24) is 10.2 Å². The van der Waals surface area contributed by atoms with E-state index in [1.54, 1.807) is 11.3 Å². The topological polar surface area (TPSA) is 44.4 Å². The van der Waals surface area contributed by atoms with Crippen LogP contribution >= 0.6 is 11.3 Å². The molecule has 0 saturated carbocycles. The Kier molecular flexibility index (Phi) is 3.93. The van der Waals surface area contributed by atoms with Crippen molar-refractivity contribution in [3.63, 3.8) is 0 Å². The van der Waals surface area contributed by atoms with Gasteiger partial charge in [0, 0.05) is 26.2 Å². The van der Waals surface area contributed by atoms with Gasteiger partial charge in [0.15, 0.2) is 0 Å². The Balaban J connectivity index is 1.82. The largest absolute Gasteiger partial charge is 0.316 e. The Labute approximate surface area is 99.6 Å². The fourth-order valence-electron chi connectivity index (χ4n) is 1.74. The van der Waals surface area contributed by atoms with Crippen molar-refractivity contribution < 1.29 is 4.79 Å². The fourth-order valence-corrected chi connectivity index (χ4v) is 2.57. The molecule has 1 aromatic heterocycles. The Morgan fingerprint density at radius 1 is 1.56 bits per heavy atom. The lowest BCUT2D eigenvalue weighted by molar-refractivity contribution is -0.117. The van der Waals surface area contributed by atoms with Gasteiger partial charge in [0.2, 0.25) is 5.91 Å². The number of rotatable bonds is 3. The second kappa shape index (κ2) is 5.43. The van der Waals surface area contributed by atoms with Crippen LogP contribution < -0.4 is 10.6 Å². The van der Waals surface area contributed by atoms with Crippen molar-refractivity contribution in [1.29, 1.82) is 0 Å². The van der Waals surface area contributed by atoms with Gasteiger partial charge >= 0.3 is 0 Å². The first kappa shape index (κ1) is 11.6. The highest BCUT2D eigenvalue weighted by atomic mass is 32.1. The van der Waals surface area contributed by atoms with Gasteiger partial charge in [0.1, 0.15) is 0 Å². The third-order valence-electron chi connectivity index (χ3n) is 2.69. The first-order valence-corrected chi connectivity index (χ1v) is 6.40. The maximum Gasteiger partial charge on any atom is 0.239 e. The van der Waals surface area contributed by atoms with E-state index in [1.807, 2.05) is 18.4 Å². The minimum atomic E-state index is 0.0902. The van der Waals surface area contributed by atoms with Crippen molar-refractivity contribution in [3.8, 4) is 0 Å². The van der Waals surface area contributed by atoms with E-state index in [0.29, 0.717) is 6.54 Å². The minimum Gasteiger partial charge on any atom is -0.316 e. The Morgan fingerprint density at radius 2 is 2.31 bits per heavy atom. The molecular formula is C11H17N3OS. The molecule has 1 aliphatic rings. The molecule has 88 valence electrons. The molecule has 2 rings (SSSR count). The van der Waals surface area contributed by atoms with Gasteiger partial charge in [-0.3, -0.25) is 9.69 Å². The van der Waals surface area contributed by atoms with Crippen LogP contribution in [0.5, 0.6) is 0 Å². The number of hydrogen-bond acceptors (Lipinski definition) is 4. The number of thiophene rings is 1. The molecule has 0 atom stereocenters. The number of carbonyl (C=O) groups is 1. The third kappa shape index (κ3) is 3.04. The SMILES string of the molecule is Cc1ccsc1NC(=O)CN1CCNCC1. The molecule has 5 heteroatoms. The first-order valence-electron chi connectivity index (χ1n) is 5.53. The van der Waals surface area contributed by atoms with E-state index in [1.165, 1.54) is 0 Å². The summed E-state index contributed by atoms with van der Waals surface area (Å²) in [6, 6.07) is 2.02. The van der Waals surface area contributed by atoms with Gasteiger partial charge in [-0.25, -0.2) is 0 Å². The third-order valence-corrected chi connectivity index (χ3v) is 3.62. The zero-order valence-electron chi connectivity index (χ0n) is 9.45. The van der Waals surface area contributed by atoms with Crippen LogP contribution in [0.4, 0.5) is 5.00 Å². The monoisotopic (exact) mass is 239 g/mol. The van der Waals surface area contributed by atoms with Crippen LogP contribution in [0.15, 0.2) is 11.4 Å². The number of anilines is 1. The van der Waals surface area contributed by atoms with Crippen LogP contribution in [0.25, 0.3) is 0 Å². The number of nitrogens with one attached hydrogen (secondary N) is 2. The van der Waals surface area contributed by atoms with Gasteiger partial charge in [0.05, 0.1) is 11.5 Å². The molecule has 1 aliphatic heterocycles. The molecule has 2 heterocycles. The maximum atomic E-state index is 11.8. The van der Waals surface area contributed by atoms with Crippen molar-refractivity contribution in [3.05, 3.63) is 17.0 Å². The van der Waals surface area contributed by atoms with E-state index >= 15 is 0 Å². The summed E-state index contributed by atoms with van der Waals surface area (Å²) in [4.78, 5) is 13.9. The number of amides is 1. The standard InChI is InChI=1S/C11H17N3OS/c1-9-2-7-16-11(9)13-10(15)8-14-5-3-12-4-6-14/h2,7,12H,3-6,8H2,1H3,(H,13,15). The molecule has 0 unspecified atom stereocenters. The van der Waals surface area contributed by atoms with Crippen LogP contribution in [0.3, 0.4) is 0 Å². The summed E-state index contributed by atoms with van der Waals surface area (Å²) in [6.45, 7) is 6.38.